The van der Waals surface area contributed by atoms with E-state index in [9.17, 15) is 0 Å². The minimum Gasteiger partial charge on any atom is -0.398 e. The fraction of sp³-hybridized carbons (Fsp3) is 1.00. The van der Waals surface area contributed by atoms with Crippen LogP contribution in [0, 0.1) is 0 Å². The molecule has 0 amide bonds. The van der Waals surface area contributed by atoms with Gasteiger partial charge >= 0.3 is 1.43 Å². The fourth-order valence-corrected chi connectivity index (χ4v) is 4.65. The van der Waals surface area contributed by atoms with Crippen LogP contribution in [-0.4, -0.2) is 31.3 Å². The number of hydrogen-bond acceptors (Lipinski definition) is 2. The van der Waals surface area contributed by atoms with Crippen LogP contribution in [0.25, 0.3) is 0 Å². The average Bonchev–Trinajstić information content (AvgIpc) is 1.85. The molecule has 0 saturated carbocycles. The van der Waals surface area contributed by atoms with Crippen molar-refractivity contribution in [3.05, 3.63) is 0 Å². The van der Waals surface area contributed by atoms with Gasteiger partial charge in [-0.05, 0) is 32.4 Å². The lowest BCUT2D eigenvalue weighted by Gasteiger charge is -2.35. The first-order valence-corrected chi connectivity index (χ1v) is 8.22. The second-order valence-electron chi connectivity index (χ2n) is 3.61. The van der Waals surface area contributed by atoms with Gasteiger partial charge in [-0.15, -0.1) is 0 Å². The Kier molecular flexibility index (Phi) is 3.30. The van der Waals surface area contributed by atoms with E-state index in [-0.39, 0.29) is 6.84 Å². The second-order valence-corrected chi connectivity index (χ2v) is 7.46. The van der Waals surface area contributed by atoms with E-state index in [1.165, 1.54) is 12.8 Å². The summed E-state index contributed by atoms with van der Waals surface area (Å²) in [7, 11) is 0.117. The van der Waals surface area contributed by atoms with Crippen molar-refractivity contribution in [2.24, 2.45) is 0 Å². The summed E-state index contributed by atoms with van der Waals surface area (Å²) in [4.78, 5) is 0. The van der Waals surface area contributed by atoms with E-state index < -0.39 is 9.04 Å². The van der Waals surface area contributed by atoms with Crippen LogP contribution in [0.3, 0.4) is 0 Å². The zero-order valence-electron chi connectivity index (χ0n) is 8.72. The van der Waals surface area contributed by atoms with Crippen LogP contribution in [0.15, 0.2) is 0 Å². The normalized spacial score (nSPS) is 33.0. The van der Waals surface area contributed by atoms with Crippen molar-refractivity contribution < 1.29 is 10.6 Å². The van der Waals surface area contributed by atoms with Crippen LogP contribution in [-0.2, 0) is 9.16 Å². The van der Waals surface area contributed by atoms with E-state index in [1.807, 2.05) is 0 Å². The highest BCUT2D eigenvalue weighted by Crippen LogP contribution is 2.23. The monoisotopic (exact) mass is 191 g/mol. The lowest BCUT2D eigenvalue weighted by Crippen LogP contribution is -2.42. The topological polar surface area (TPSA) is 18.5 Å². The fourth-order valence-electron chi connectivity index (χ4n) is 1.50. The molecule has 0 spiro atoms. The summed E-state index contributed by atoms with van der Waals surface area (Å²) in [5.74, 6) is 0. The molecule has 0 N–H and O–H groups in total. The minimum atomic E-state index is -0.901. The Balaban J connectivity index is 0.00000121. The third kappa shape index (κ3) is 3.07. The Morgan fingerprint density at radius 3 is 2.73 bits per heavy atom. The number of hydrogen-bond donors (Lipinski definition) is 0. The smallest absolute Gasteiger partial charge is 0.398 e. The SMILES string of the molecule is C[SiH](C)OC1([SiH3])CCCCO1.[H+]. The molecule has 0 aromatic rings. The molecule has 0 aliphatic carbocycles. The Bertz CT molecular complexity index is 127. The Hall–Kier alpha value is 0.354. The third-order valence-corrected chi connectivity index (χ3v) is 4.38. The van der Waals surface area contributed by atoms with Gasteiger partial charge < -0.3 is 9.16 Å². The molecule has 66 valence electrons. The standard InChI is InChI=1S/C7H18O2Si2/c1-11(2)9-7(10)5-3-4-6-8-7/h11H,3-6H2,1-2,10H3/p+1. The molecule has 1 rings (SSSR count). The maximum Gasteiger partial charge on any atom is 1.00 e. The third-order valence-electron chi connectivity index (χ3n) is 1.92. The molecule has 1 heterocycles. The van der Waals surface area contributed by atoms with Gasteiger partial charge in [0.1, 0.15) is 5.41 Å². The van der Waals surface area contributed by atoms with Crippen molar-refractivity contribution in [2.45, 2.75) is 37.8 Å². The average molecular weight is 191 g/mol. The molecular weight excluding hydrogens is 172 g/mol. The highest BCUT2D eigenvalue weighted by atomic mass is 28.3. The predicted molar refractivity (Wildman–Crippen MR) is 53.5 cm³/mol. The summed E-state index contributed by atoms with van der Waals surface area (Å²) < 4.78 is 11.5. The maximum atomic E-state index is 5.86. The summed E-state index contributed by atoms with van der Waals surface area (Å²) in [6, 6.07) is 0. The van der Waals surface area contributed by atoms with Gasteiger partial charge in [0.25, 0.3) is 0 Å². The summed E-state index contributed by atoms with van der Waals surface area (Å²) in [6.45, 7) is 5.32. The molecule has 2 nitrogen and oxygen atoms in total. The lowest BCUT2D eigenvalue weighted by molar-refractivity contribution is -0.145. The highest BCUT2D eigenvalue weighted by Gasteiger charge is 2.28. The highest BCUT2D eigenvalue weighted by molar-refractivity contribution is 6.49. The summed E-state index contributed by atoms with van der Waals surface area (Å²) >= 11 is 0. The van der Waals surface area contributed by atoms with Gasteiger partial charge in [0.05, 0.1) is 10.2 Å². The molecule has 1 unspecified atom stereocenters. The quantitative estimate of drug-likeness (QED) is 0.585. The molecule has 0 radical (unpaired) electrons. The molecule has 11 heavy (non-hydrogen) atoms. The van der Waals surface area contributed by atoms with Crippen LogP contribution in [0.5, 0.6) is 0 Å². The Morgan fingerprint density at radius 2 is 2.27 bits per heavy atom. The van der Waals surface area contributed by atoms with Crippen LogP contribution in [0.1, 0.15) is 20.7 Å². The maximum absolute atomic E-state index is 5.86. The van der Waals surface area contributed by atoms with Gasteiger partial charge in [-0.1, -0.05) is 0 Å². The number of rotatable bonds is 2. The Labute approximate surface area is 74.9 Å². The van der Waals surface area contributed by atoms with Gasteiger partial charge in [-0.2, -0.15) is 0 Å². The van der Waals surface area contributed by atoms with Crippen molar-refractivity contribution in [1.82, 2.24) is 0 Å². The molecule has 0 bridgehead atoms. The number of ether oxygens (including phenoxy) is 1. The Morgan fingerprint density at radius 1 is 1.55 bits per heavy atom. The largest absolute Gasteiger partial charge is 1.00 e. The van der Waals surface area contributed by atoms with Crippen molar-refractivity contribution in [1.29, 1.82) is 0 Å². The zero-order valence-corrected chi connectivity index (χ0v) is 10.9. The van der Waals surface area contributed by atoms with Gasteiger partial charge in [0.15, 0.2) is 9.04 Å². The van der Waals surface area contributed by atoms with Crippen LogP contribution in [0.4, 0.5) is 0 Å². The summed E-state index contributed by atoms with van der Waals surface area (Å²) in [6.07, 6.45) is 3.63. The lowest BCUT2D eigenvalue weighted by atomic mass is 10.2. The minimum absolute atomic E-state index is 0. The van der Waals surface area contributed by atoms with Crippen molar-refractivity contribution in [3.63, 3.8) is 0 Å². The molecule has 1 fully saturated rings. The van der Waals surface area contributed by atoms with Crippen LogP contribution >= 0.6 is 0 Å². The molecular formula is C7H19O2Si2+. The molecule has 1 aliphatic rings. The van der Waals surface area contributed by atoms with Gasteiger partial charge in [-0.25, -0.2) is 0 Å². The van der Waals surface area contributed by atoms with Gasteiger partial charge in [0, 0.05) is 6.61 Å². The van der Waals surface area contributed by atoms with E-state index in [0.29, 0.717) is 0 Å². The van der Waals surface area contributed by atoms with Crippen LogP contribution < -0.4 is 0 Å². The summed E-state index contributed by atoms with van der Waals surface area (Å²) in [5.41, 5.74) is -0.0986. The van der Waals surface area contributed by atoms with E-state index >= 15 is 0 Å². The molecule has 4 heteroatoms. The molecule has 0 aromatic carbocycles. The first kappa shape index (κ1) is 9.44. The second kappa shape index (κ2) is 3.84. The van der Waals surface area contributed by atoms with E-state index in [0.717, 1.165) is 23.3 Å². The van der Waals surface area contributed by atoms with E-state index in [1.54, 1.807) is 0 Å². The first-order valence-electron chi connectivity index (χ1n) is 4.44. The molecule has 1 aliphatic heterocycles. The van der Waals surface area contributed by atoms with Crippen molar-refractivity contribution >= 4 is 19.3 Å². The van der Waals surface area contributed by atoms with E-state index in [2.05, 4.69) is 13.1 Å². The van der Waals surface area contributed by atoms with E-state index in [4.69, 9.17) is 9.16 Å². The van der Waals surface area contributed by atoms with Crippen molar-refractivity contribution in [2.75, 3.05) is 6.61 Å². The molecule has 0 aromatic heterocycles. The first-order chi connectivity index (χ1) is 5.12. The predicted octanol–water partition coefficient (Wildman–Crippen LogP) is 0.319. The van der Waals surface area contributed by atoms with Crippen LogP contribution in [0.2, 0.25) is 13.1 Å². The van der Waals surface area contributed by atoms with Crippen molar-refractivity contribution in [3.8, 4) is 0 Å². The molecule has 1 saturated heterocycles. The summed E-state index contributed by atoms with van der Waals surface area (Å²) in [5, 5.41) is 0. The van der Waals surface area contributed by atoms with Gasteiger partial charge in [0.2, 0.25) is 0 Å². The molecule has 1 atom stereocenters. The zero-order chi connectivity index (χ0) is 8.32. The van der Waals surface area contributed by atoms with Gasteiger partial charge in [-0.3, -0.25) is 0 Å².